The zero-order valence-electron chi connectivity index (χ0n) is 18.4. The van der Waals surface area contributed by atoms with E-state index in [2.05, 4.69) is 48.3 Å². The van der Waals surface area contributed by atoms with Crippen molar-refractivity contribution in [1.82, 2.24) is 10.2 Å². The highest BCUT2D eigenvalue weighted by atomic mass is 16.5. The summed E-state index contributed by atoms with van der Waals surface area (Å²) in [6.07, 6.45) is 14.4. The van der Waals surface area contributed by atoms with Gasteiger partial charge in [-0.25, -0.2) is 0 Å². The van der Waals surface area contributed by atoms with Gasteiger partial charge >= 0.3 is 0 Å². The van der Waals surface area contributed by atoms with Crippen LogP contribution in [-0.2, 0) is 6.42 Å². The second-order valence-corrected chi connectivity index (χ2v) is 8.88. The molecule has 1 aliphatic carbocycles. The molecule has 3 nitrogen and oxygen atoms in total. The quantitative estimate of drug-likeness (QED) is 0.376. The summed E-state index contributed by atoms with van der Waals surface area (Å²) in [5.74, 6) is 2.49. The zero-order chi connectivity index (χ0) is 20.3. The minimum absolute atomic E-state index is 0.627. The number of ether oxygens (including phenoxy) is 1. The van der Waals surface area contributed by atoms with Crippen LogP contribution in [0.4, 0.5) is 0 Å². The van der Waals surface area contributed by atoms with E-state index in [0.29, 0.717) is 5.88 Å². The van der Waals surface area contributed by atoms with Crippen LogP contribution in [0.2, 0.25) is 0 Å². The van der Waals surface area contributed by atoms with Gasteiger partial charge in [-0.3, -0.25) is 0 Å². The molecule has 0 spiro atoms. The van der Waals surface area contributed by atoms with Gasteiger partial charge in [-0.1, -0.05) is 89.5 Å². The average Bonchev–Trinajstić information content (AvgIpc) is 2.77. The molecule has 2 aromatic rings. The number of benzene rings is 1. The van der Waals surface area contributed by atoms with E-state index >= 15 is 0 Å². The van der Waals surface area contributed by atoms with E-state index in [1.165, 1.54) is 69.8 Å². The molecule has 1 saturated carbocycles. The molecule has 0 saturated heterocycles. The van der Waals surface area contributed by atoms with Crippen molar-refractivity contribution in [2.45, 2.75) is 84.5 Å². The average molecular weight is 395 g/mol. The van der Waals surface area contributed by atoms with Crippen LogP contribution in [0.1, 0.15) is 83.6 Å². The fourth-order valence-corrected chi connectivity index (χ4v) is 4.26. The summed E-state index contributed by atoms with van der Waals surface area (Å²) in [5.41, 5.74) is 3.47. The Labute approximate surface area is 177 Å². The smallest absolute Gasteiger partial charge is 0.233 e. The Morgan fingerprint density at radius 3 is 2.31 bits per heavy atom. The van der Waals surface area contributed by atoms with Gasteiger partial charge < -0.3 is 4.74 Å². The van der Waals surface area contributed by atoms with Crippen molar-refractivity contribution in [3.05, 3.63) is 42.0 Å². The van der Waals surface area contributed by atoms with Gasteiger partial charge in [-0.2, -0.15) is 0 Å². The number of unbranched alkanes of at least 4 members (excludes halogenated alkanes) is 4. The molecule has 29 heavy (non-hydrogen) atoms. The van der Waals surface area contributed by atoms with Crippen molar-refractivity contribution in [3.8, 4) is 17.1 Å². The van der Waals surface area contributed by atoms with E-state index in [-0.39, 0.29) is 0 Å². The largest absolute Gasteiger partial charge is 0.477 e. The molecule has 0 aliphatic heterocycles. The molecule has 0 atom stereocenters. The molecule has 0 N–H and O–H groups in total. The third kappa shape index (κ3) is 7.45. The summed E-state index contributed by atoms with van der Waals surface area (Å²) in [6.45, 7) is 5.36. The third-order valence-electron chi connectivity index (χ3n) is 6.36. The first-order chi connectivity index (χ1) is 14.2. The number of hydrogen-bond donors (Lipinski definition) is 0. The van der Waals surface area contributed by atoms with Gasteiger partial charge in [0.05, 0.1) is 12.3 Å². The molecule has 1 fully saturated rings. The molecular formula is C26H38N2O. The Kier molecular flexibility index (Phi) is 8.98. The van der Waals surface area contributed by atoms with Crippen molar-refractivity contribution in [3.63, 3.8) is 0 Å². The SMILES string of the molecule is CCCCCCCOc1ccc(-c2ccc(CCC3CCC(C)CC3)cc2)nn1. The highest BCUT2D eigenvalue weighted by molar-refractivity contribution is 5.59. The molecule has 0 bridgehead atoms. The second kappa shape index (κ2) is 11.9. The van der Waals surface area contributed by atoms with E-state index in [0.717, 1.165) is 36.1 Å². The lowest BCUT2D eigenvalue weighted by molar-refractivity contribution is 0.278. The van der Waals surface area contributed by atoms with Gasteiger partial charge in [0, 0.05) is 11.6 Å². The van der Waals surface area contributed by atoms with Crippen LogP contribution in [-0.4, -0.2) is 16.8 Å². The monoisotopic (exact) mass is 394 g/mol. The lowest BCUT2D eigenvalue weighted by Gasteiger charge is -2.26. The zero-order valence-corrected chi connectivity index (χ0v) is 18.4. The number of hydrogen-bond acceptors (Lipinski definition) is 3. The van der Waals surface area contributed by atoms with Crippen LogP contribution in [0, 0.1) is 11.8 Å². The molecule has 0 radical (unpaired) electrons. The lowest BCUT2D eigenvalue weighted by atomic mass is 9.80. The van der Waals surface area contributed by atoms with Crippen LogP contribution in [0.5, 0.6) is 5.88 Å². The molecule has 1 aromatic heterocycles. The first kappa shape index (κ1) is 21.8. The maximum atomic E-state index is 5.72. The number of aromatic nitrogens is 2. The number of rotatable bonds is 11. The molecule has 1 aliphatic rings. The second-order valence-electron chi connectivity index (χ2n) is 8.88. The first-order valence-corrected chi connectivity index (χ1v) is 11.8. The summed E-state index contributed by atoms with van der Waals surface area (Å²) in [6, 6.07) is 12.8. The van der Waals surface area contributed by atoms with Gasteiger partial charge in [0.1, 0.15) is 0 Å². The van der Waals surface area contributed by atoms with Gasteiger partial charge in [0.2, 0.25) is 5.88 Å². The summed E-state index contributed by atoms with van der Waals surface area (Å²) < 4.78 is 5.72. The molecule has 0 unspecified atom stereocenters. The Hall–Kier alpha value is -1.90. The number of nitrogens with zero attached hydrogens (tertiary/aromatic N) is 2. The van der Waals surface area contributed by atoms with Crippen molar-refractivity contribution in [2.75, 3.05) is 6.61 Å². The molecule has 158 valence electrons. The fourth-order valence-electron chi connectivity index (χ4n) is 4.26. The molecule has 3 heteroatoms. The van der Waals surface area contributed by atoms with Crippen LogP contribution in [0.15, 0.2) is 36.4 Å². The summed E-state index contributed by atoms with van der Waals surface area (Å²) in [7, 11) is 0. The first-order valence-electron chi connectivity index (χ1n) is 11.8. The molecule has 1 aromatic carbocycles. The summed E-state index contributed by atoms with van der Waals surface area (Å²) in [5, 5.41) is 8.60. The van der Waals surface area contributed by atoms with E-state index in [9.17, 15) is 0 Å². The normalized spacial score (nSPS) is 19.2. The van der Waals surface area contributed by atoms with Crippen LogP contribution >= 0.6 is 0 Å². The minimum Gasteiger partial charge on any atom is -0.477 e. The van der Waals surface area contributed by atoms with E-state index in [1.54, 1.807) is 0 Å². The van der Waals surface area contributed by atoms with E-state index in [1.807, 2.05) is 12.1 Å². The fraction of sp³-hybridized carbons (Fsp3) is 0.615. The van der Waals surface area contributed by atoms with Crippen LogP contribution < -0.4 is 4.74 Å². The Bertz CT molecular complexity index is 688. The van der Waals surface area contributed by atoms with Gasteiger partial charge in [-0.15, -0.1) is 10.2 Å². The predicted molar refractivity (Wildman–Crippen MR) is 121 cm³/mol. The van der Waals surface area contributed by atoms with Crippen molar-refractivity contribution >= 4 is 0 Å². The Balaban J connectivity index is 1.42. The van der Waals surface area contributed by atoms with Gasteiger partial charge in [0.15, 0.2) is 0 Å². The highest BCUT2D eigenvalue weighted by Crippen LogP contribution is 2.31. The Morgan fingerprint density at radius 2 is 1.62 bits per heavy atom. The van der Waals surface area contributed by atoms with Crippen LogP contribution in [0.25, 0.3) is 11.3 Å². The van der Waals surface area contributed by atoms with E-state index in [4.69, 9.17) is 4.74 Å². The standard InChI is InChI=1S/C26H38N2O/c1-3-4-5-6-7-20-29-26-19-18-25(27-28-26)24-16-14-23(15-17-24)13-12-22-10-8-21(2)9-11-22/h14-19,21-22H,3-13,20H2,1-2H3. The maximum Gasteiger partial charge on any atom is 0.233 e. The molecule has 0 amide bonds. The highest BCUT2D eigenvalue weighted by Gasteiger charge is 2.17. The third-order valence-corrected chi connectivity index (χ3v) is 6.36. The lowest BCUT2D eigenvalue weighted by Crippen LogP contribution is -2.12. The van der Waals surface area contributed by atoms with Gasteiger partial charge in [-0.05, 0) is 42.7 Å². The summed E-state index contributed by atoms with van der Waals surface area (Å²) >= 11 is 0. The predicted octanol–water partition coefficient (Wildman–Crippen LogP) is 7.25. The topological polar surface area (TPSA) is 35.0 Å². The summed E-state index contributed by atoms with van der Waals surface area (Å²) in [4.78, 5) is 0. The van der Waals surface area contributed by atoms with Crippen molar-refractivity contribution in [1.29, 1.82) is 0 Å². The van der Waals surface area contributed by atoms with Gasteiger partial charge in [0.25, 0.3) is 0 Å². The minimum atomic E-state index is 0.627. The van der Waals surface area contributed by atoms with E-state index < -0.39 is 0 Å². The Morgan fingerprint density at radius 1 is 0.862 bits per heavy atom. The molecule has 3 rings (SSSR count). The molecule has 1 heterocycles. The number of aryl methyl sites for hydroxylation is 1. The van der Waals surface area contributed by atoms with Crippen molar-refractivity contribution < 1.29 is 4.74 Å². The van der Waals surface area contributed by atoms with Crippen molar-refractivity contribution in [2.24, 2.45) is 11.8 Å². The van der Waals surface area contributed by atoms with Crippen LogP contribution in [0.3, 0.4) is 0 Å². The maximum absolute atomic E-state index is 5.72. The molecular weight excluding hydrogens is 356 g/mol.